The van der Waals surface area contributed by atoms with Crippen LogP contribution in [0.3, 0.4) is 0 Å². The van der Waals surface area contributed by atoms with Gasteiger partial charge in [0.1, 0.15) is 23.5 Å². The largest absolute Gasteiger partial charge is 0.492 e. The Balaban J connectivity index is 1.55. The SMILES string of the molecule is COCCCOc1cc(-n2c3ccccc3c3c(-c4nc5ccc(F)cc5[nH]4)cccc32)ccc1C#N. The maximum absolute atomic E-state index is 13.8. The summed E-state index contributed by atoms with van der Waals surface area (Å²) in [5, 5.41) is 11.7. The van der Waals surface area contributed by atoms with E-state index in [1.807, 2.05) is 36.4 Å². The van der Waals surface area contributed by atoms with Gasteiger partial charge in [-0.3, -0.25) is 0 Å². The normalized spacial score (nSPS) is 11.4. The number of rotatable bonds is 7. The predicted octanol–water partition coefficient (Wildman–Crippen LogP) is 6.75. The molecule has 0 aliphatic carbocycles. The number of halogens is 1. The highest BCUT2D eigenvalue weighted by molar-refractivity contribution is 6.15. The van der Waals surface area contributed by atoms with Gasteiger partial charge in [-0.2, -0.15) is 5.26 Å². The van der Waals surface area contributed by atoms with Crippen LogP contribution in [0.5, 0.6) is 5.75 Å². The molecule has 37 heavy (non-hydrogen) atoms. The van der Waals surface area contributed by atoms with E-state index in [1.54, 1.807) is 19.2 Å². The Morgan fingerprint density at radius 2 is 1.84 bits per heavy atom. The van der Waals surface area contributed by atoms with E-state index in [2.05, 4.69) is 33.8 Å². The van der Waals surface area contributed by atoms with Crippen LogP contribution < -0.4 is 4.74 Å². The van der Waals surface area contributed by atoms with Crippen LogP contribution in [-0.2, 0) is 4.74 Å². The molecule has 4 aromatic carbocycles. The first-order valence-electron chi connectivity index (χ1n) is 12.0. The second-order valence-electron chi connectivity index (χ2n) is 8.79. The number of ether oxygens (including phenoxy) is 2. The second-order valence-corrected chi connectivity index (χ2v) is 8.79. The molecular formula is C30H23FN4O2. The third kappa shape index (κ3) is 3.98. The standard InChI is InChI=1S/C30H23FN4O2/c1-36-14-5-15-37-28-17-21(12-10-19(28)18-32)35-26-8-3-2-6-22(26)29-23(7-4-9-27(29)35)30-33-24-13-11-20(31)16-25(24)34-30/h2-4,6-13,16-17H,5,14-15H2,1H3,(H,33,34). The summed E-state index contributed by atoms with van der Waals surface area (Å²) in [5.41, 5.74) is 5.65. The first-order valence-corrected chi connectivity index (χ1v) is 12.0. The summed E-state index contributed by atoms with van der Waals surface area (Å²) in [5.74, 6) is 0.909. The third-order valence-electron chi connectivity index (χ3n) is 6.49. The van der Waals surface area contributed by atoms with Crippen molar-refractivity contribution in [1.29, 1.82) is 5.26 Å². The number of para-hydroxylation sites is 1. The van der Waals surface area contributed by atoms with Crippen molar-refractivity contribution < 1.29 is 13.9 Å². The highest BCUT2D eigenvalue weighted by atomic mass is 19.1. The maximum atomic E-state index is 13.8. The summed E-state index contributed by atoms with van der Waals surface area (Å²) in [6.45, 7) is 1.04. The van der Waals surface area contributed by atoms with E-state index in [4.69, 9.17) is 14.5 Å². The van der Waals surface area contributed by atoms with Gasteiger partial charge in [0.25, 0.3) is 0 Å². The molecule has 0 aliphatic heterocycles. The van der Waals surface area contributed by atoms with Crippen LogP contribution in [0.1, 0.15) is 12.0 Å². The Hall–Kier alpha value is -4.67. The Kier molecular flexibility index (Phi) is 5.79. The molecule has 7 heteroatoms. The number of hydrogen-bond acceptors (Lipinski definition) is 4. The van der Waals surface area contributed by atoms with Crippen LogP contribution in [0.2, 0.25) is 0 Å². The van der Waals surface area contributed by atoms with Gasteiger partial charge in [0, 0.05) is 48.2 Å². The zero-order valence-electron chi connectivity index (χ0n) is 20.2. The molecule has 0 spiro atoms. The Labute approximate surface area is 212 Å². The minimum Gasteiger partial charge on any atom is -0.492 e. The number of aromatic amines is 1. The van der Waals surface area contributed by atoms with Crippen molar-refractivity contribution in [1.82, 2.24) is 14.5 Å². The summed E-state index contributed by atoms with van der Waals surface area (Å²) >= 11 is 0. The van der Waals surface area contributed by atoms with Crippen molar-refractivity contribution in [2.45, 2.75) is 6.42 Å². The molecule has 2 heterocycles. The van der Waals surface area contributed by atoms with Gasteiger partial charge < -0.3 is 19.0 Å². The van der Waals surface area contributed by atoms with Crippen molar-refractivity contribution >= 4 is 32.8 Å². The molecule has 0 saturated carbocycles. The lowest BCUT2D eigenvalue weighted by molar-refractivity contribution is 0.172. The first-order chi connectivity index (χ1) is 18.2. The van der Waals surface area contributed by atoms with Gasteiger partial charge in [0.15, 0.2) is 0 Å². The number of aromatic nitrogens is 3. The number of nitriles is 1. The van der Waals surface area contributed by atoms with Gasteiger partial charge in [0.05, 0.1) is 34.2 Å². The van der Waals surface area contributed by atoms with Crippen LogP contribution >= 0.6 is 0 Å². The molecule has 0 amide bonds. The number of methoxy groups -OCH3 is 1. The van der Waals surface area contributed by atoms with Gasteiger partial charge in [-0.25, -0.2) is 9.37 Å². The second kappa shape index (κ2) is 9.41. The first kappa shape index (κ1) is 22.8. The Morgan fingerprint density at radius 3 is 2.70 bits per heavy atom. The van der Waals surface area contributed by atoms with E-state index in [9.17, 15) is 9.65 Å². The Bertz CT molecular complexity index is 1810. The predicted molar refractivity (Wildman–Crippen MR) is 143 cm³/mol. The molecule has 0 unspecified atom stereocenters. The molecule has 0 bridgehead atoms. The molecule has 0 atom stereocenters. The van der Waals surface area contributed by atoms with E-state index >= 15 is 0 Å². The Morgan fingerprint density at radius 1 is 0.973 bits per heavy atom. The minimum absolute atomic E-state index is 0.307. The zero-order valence-corrected chi connectivity index (χ0v) is 20.2. The van der Waals surface area contributed by atoms with E-state index in [0.717, 1.165) is 39.5 Å². The number of fused-ring (bicyclic) bond motifs is 4. The smallest absolute Gasteiger partial charge is 0.139 e. The van der Waals surface area contributed by atoms with Crippen molar-refractivity contribution in [3.05, 3.63) is 90.2 Å². The zero-order chi connectivity index (χ0) is 25.4. The van der Waals surface area contributed by atoms with Gasteiger partial charge in [0.2, 0.25) is 0 Å². The lowest BCUT2D eigenvalue weighted by Gasteiger charge is -2.12. The molecule has 1 N–H and O–H groups in total. The number of benzene rings is 4. The number of nitrogens with zero attached hydrogens (tertiary/aromatic N) is 3. The highest BCUT2D eigenvalue weighted by Gasteiger charge is 2.18. The van der Waals surface area contributed by atoms with E-state index in [-0.39, 0.29) is 5.82 Å². The summed E-state index contributed by atoms with van der Waals surface area (Å²) in [6, 6.07) is 26.7. The molecule has 0 aliphatic rings. The van der Waals surface area contributed by atoms with E-state index in [0.29, 0.717) is 41.4 Å². The number of nitrogens with one attached hydrogen (secondary N) is 1. The fourth-order valence-corrected chi connectivity index (χ4v) is 4.85. The van der Waals surface area contributed by atoms with Crippen LogP contribution in [0.4, 0.5) is 4.39 Å². The van der Waals surface area contributed by atoms with Crippen molar-refractivity contribution in [2.75, 3.05) is 20.3 Å². The van der Waals surface area contributed by atoms with Crippen molar-refractivity contribution in [3.63, 3.8) is 0 Å². The quantitative estimate of drug-likeness (QED) is 0.251. The third-order valence-corrected chi connectivity index (χ3v) is 6.49. The average Bonchev–Trinajstić information content (AvgIpc) is 3.50. The van der Waals surface area contributed by atoms with Crippen LogP contribution in [0.25, 0.3) is 49.9 Å². The lowest BCUT2D eigenvalue weighted by atomic mass is 10.1. The number of hydrogen-bond donors (Lipinski definition) is 1. The minimum atomic E-state index is -0.307. The van der Waals surface area contributed by atoms with Crippen molar-refractivity contribution in [3.8, 4) is 28.9 Å². The van der Waals surface area contributed by atoms with Crippen molar-refractivity contribution in [2.24, 2.45) is 0 Å². The summed E-state index contributed by atoms with van der Waals surface area (Å²) in [4.78, 5) is 8.04. The average molecular weight is 491 g/mol. The van der Waals surface area contributed by atoms with Crippen LogP contribution in [0.15, 0.2) is 78.9 Å². The highest BCUT2D eigenvalue weighted by Crippen LogP contribution is 2.38. The monoisotopic (exact) mass is 490 g/mol. The maximum Gasteiger partial charge on any atom is 0.139 e. The van der Waals surface area contributed by atoms with Gasteiger partial charge in [-0.15, -0.1) is 0 Å². The molecular weight excluding hydrogens is 467 g/mol. The fraction of sp³-hybridized carbons (Fsp3) is 0.133. The number of H-pyrrole nitrogens is 1. The molecule has 6 rings (SSSR count). The lowest BCUT2D eigenvalue weighted by Crippen LogP contribution is -2.03. The van der Waals surface area contributed by atoms with E-state index < -0.39 is 0 Å². The molecule has 0 radical (unpaired) electrons. The number of imidazole rings is 1. The topological polar surface area (TPSA) is 75.9 Å². The molecule has 0 fully saturated rings. The van der Waals surface area contributed by atoms with E-state index in [1.165, 1.54) is 12.1 Å². The molecule has 182 valence electrons. The summed E-state index contributed by atoms with van der Waals surface area (Å²) < 4.78 is 27.1. The van der Waals surface area contributed by atoms with Gasteiger partial charge in [-0.05, 0) is 42.5 Å². The molecule has 6 nitrogen and oxygen atoms in total. The van der Waals surface area contributed by atoms with Crippen LogP contribution in [-0.4, -0.2) is 34.9 Å². The summed E-state index contributed by atoms with van der Waals surface area (Å²) in [6.07, 6.45) is 0.728. The van der Waals surface area contributed by atoms with Gasteiger partial charge in [-0.1, -0.05) is 30.3 Å². The fourth-order valence-electron chi connectivity index (χ4n) is 4.85. The summed E-state index contributed by atoms with van der Waals surface area (Å²) in [7, 11) is 1.65. The molecule has 6 aromatic rings. The van der Waals surface area contributed by atoms with Gasteiger partial charge >= 0.3 is 0 Å². The molecule has 2 aromatic heterocycles. The van der Waals surface area contributed by atoms with Crippen LogP contribution in [0, 0.1) is 17.1 Å². The molecule has 0 saturated heterocycles.